The van der Waals surface area contributed by atoms with Crippen LogP contribution in [0.25, 0.3) is 0 Å². The maximum Gasteiger partial charge on any atom is 0.223 e. The predicted molar refractivity (Wildman–Crippen MR) is 88.0 cm³/mol. The molecule has 1 heterocycles. The van der Waals surface area contributed by atoms with Crippen molar-refractivity contribution in [2.75, 3.05) is 5.32 Å². The number of para-hydroxylation sites is 1. The number of guanidine groups is 1. The highest BCUT2D eigenvalue weighted by Gasteiger charge is 2.39. The zero-order chi connectivity index (χ0) is 14.9. The Morgan fingerprint density at radius 1 is 1.14 bits per heavy atom. The summed E-state index contributed by atoms with van der Waals surface area (Å²) in [5.74, 6) is 1.02. The van der Waals surface area contributed by atoms with Gasteiger partial charge in [-0.15, -0.1) is 0 Å². The Morgan fingerprint density at radius 3 is 2.55 bits per heavy atom. The predicted octanol–water partition coefficient (Wildman–Crippen LogP) is 2.49. The molecule has 0 radical (unpaired) electrons. The van der Waals surface area contributed by atoms with Gasteiger partial charge in [0.2, 0.25) is 5.96 Å². The Labute approximate surface area is 129 Å². The van der Waals surface area contributed by atoms with Gasteiger partial charge in [-0.25, -0.2) is 9.98 Å². The van der Waals surface area contributed by atoms with E-state index in [1.807, 2.05) is 30.3 Å². The third kappa shape index (κ3) is 2.84. The first-order chi connectivity index (χ1) is 10.8. The second-order valence-corrected chi connectivity index (χ2v) is 6.09. The number of carbonyl (C=O) groups is 1. The highest BCUT2D eigenvalue weighted by molar-refractivity contribution is 6.64. The lowest BCUT2D eigenvalue weighted by Gasteiger charge is -2.20. The third-order valence-electron chi connectivity index (χ3n) is 4.11. The van der Waals surface area contributed by atoms with Gasteiger partial charge in [-0.1, -0.05) is 18.2 Å². The van der Waals surface area contributed by atoms with E-state index in [1.54, 1.807) is 0 Å². The van der Waals surface area contributed by atoms with Gasteiger partial charge in [-0.05, 0) is 43.7 Å². The van der Waals surface area contributed by atoms with Gasteiger partial charge < -0.3 is 5.32 Å². The number of nitrogens with one attached hydrogen (secondary N) is 1. The molecule has 0 spiro atoms. The Bertz CT molecular complexity index is 669. The zero-order valence-electron chi connectivity index (χ0n) is 12.3. The van der Waals surface area contributed by atoms with Crippen LogP contribution in [0.4, 0.5) is 5.69 Å². The van der Waals surface area contributed by atoms with Crippen LogP contribution in [0, 0.1) is 5.92 Å². The molecule has 4 rings (SSSR count). The molecular weight excluding hydrogens is 276 g/mol. The number of aldehydes is 1. The maximum atomic E-state index is 11.5. The standard InChI is InChI=1S/C17H18N4O/c22-10-14-16(18-13-8-9-13)15(11-6-7-11)21-17(20-14)19-12-4-2-1-3-5-12/h1-5,10-11,13,15H,6-9H2,(H,19,21). The highest BCUT2D eigenvalue weighted by atomic mass is 16.1. The fourth-order valence-corrected chi connectivity index (χ4v) is 2.63. The summed E-state index contributed by atoms with van der Waals surface area (Å²) >= 11 is 0. The van der Waals surface area contributed by atoms with E-state index in [4.69, 9.17) is 9.98 Å². The smallest absolute Gasteiger partial charge is 0.223 e. The molecule has 0 bridgehead atoms. The van der Waals surface area contributed by atoms with E-state index in [0.717, 1.165) is 43.4 Å². The van der Waals surface area contributed by atoms with Gasteiger partial charge in [-0.2, -0.15) is 0 Å². The summed E-state index contributed by atoms with van der Waals surface area (Å²) in [6.07, 6.45) is 5.36. The first-order valence-electron chi connectivity index (χ1n) is 7.85. The first kappa shape index (κ1) is 13.4. The van der Waals surface area contributed by atoms with E-state index in [1.165, 1.54) is 0 Å². The minimum Gasteiger partial charge on any atom is -0.324 e. The second kappa shape index (κ2) is 5.48. The van der Waals surface area contributed by atoms with Gasteiger partial charge in [0.25, 0.3) is 0 Å². The Hall–Kier alpha value is -2.30. The molecule has 1 aromatic carbocycles. The molecule has 2 saturated carbocycles. The lowest BCUT2D eigenvalue weighted by Crippen LogP contribution is -2.37. The molecule has 3 aliphatic rings. The van der Waals surface area contributed by atoms with Crippen molar-refractivity contribution >= 4 is 29.4 Å². The van der Waals surface area contributed by atoms with Crippen LogP contribution >= 0.6 is 0 Å². The molecule has 1 aliphatic heterocycles. The molecule has 22 heavy (non-hydrogen) atoms. The van der Waals surface area contributed by atoms with E-state index in [-0.39, 0.29) is 6.04 Å². The van der Waals surface area contributed by atoms with Crippen molar-refractivity contribution in [3.8, 4) is 0 Å². The van der Waals surface area contributed by atoms with Crippen molar-refractivity contribution in [3.63, 3.8) is 0 Å². The normalized spacial score (nSPS) is 26.4. The summed E-state index contributed by atoms with van der Waals surface area (Å²) < 4.78 is 0. The molecule has 0 saturated heterocycles. The first-order valence-corrected chi connectivity index (χ1v) is 7.85. The molecule has 1 N–H and O–H groups in total. The Morgan fingerprint density at radius 2 is 1.91 bits per heavy atom. The van der Waals surface area contributed by atoms with Gasteiger partial charge in [0.05, 0.1) is 11.8 Å². The number of anilines is 1. The van der Waals surface area contributed by atoms with Crippen LogP contribution < -0.4 is 5.32 Å². The van der Waals surface area contributed by atoms with Crippen molar-refractivity contribution in [1.29, 1.82) is 0 Å². The summed E-state index contributed by atoms with van der Waals surface area (Å²) in [7, 11) is 0. The average Bonchev–Trinajstić information content (AvgIpc) is 3.43. The molecular formula is C17H18N4O. The lowest BCUT2D eigenvalue weighted by molar-refractivity contribution is -0.102. The van der Waals surface area contributed by atoms with Crippen molar-refractivity contribution in [1.82, 2.24) is 0 Å². The van der Waals surface area contributed by atoms with Gasteiger partial charge in [0, 0.05) is 5.69 Å². The molecule has 1 unspecified atom stereocenters. The molecule has 2 aliphatic carbocycles. The average molecular weight is 294 g/mol. The third-order valence-corrected chi connectivity index (χ3v) is 4.11. The summed E-state index contributed by atoms with van der Waals surface area (Å²) in [6.45, 7) is 0. The molecule has 1 aromatic rings. The molecule has 0 aromatic heterocycles. The molecule has 5 heteroatoms. The number of rotatable bonds is 4. The number of hydrogen-bond acceptors (Lipinski definition) is 5. The van der Waals surface area contributed by atoms with Crippen LogP contribution in [0.5, 0.6) is 0 Å². The molecule has 1 atom stereocenters. The molecule has 5 nitrogen and oxygen atoms in total. The van der Waals surface area contributed by atoms with Gasteiger partial charge in [0.15, 0.2) is 6.29 Å². The van der Waals surface area contributed by atoms with E-state index in [0.29, 0.717) is 23.6 Å². The summed E-state index contributed by atoms with van der Waals surface area (Å²) in [5.41, 5.74) is 2.17. The topological polar surface area (TPSA) is 66.2 Å². The quantitative estimate of drug-likeness (QED) is 0.867. The van der Waals surface area contributed by atoms with Crippen LogP contribution in [-0.2, 0) is 4.79 Å². The number of aliphatic imine (C=N–C) groups is 3. The van der Waals surface area contributed by atoms with Crippen molar-refractivity contribution in [2.24, 2.45) is 20.9 Å². The number of nitrogens with zero attached hydrogens (tertiary/aromatic N) is 3. The van der Waals surface area contributed by atoms with Gasteiger partial charge in [0.1, 0.15) is 11.8 Å². The fraction of sp³-hybridized carbons (Fsp3) is 0.412. The van der Waals surface area contributed by atoms with E-state index < -0.39 is 0 Å². The molecule has 2 fully saturated rings. The second-order valence-electron chi connectivity index (χ2n) is 6.09. The summed E-state index contributed by atoms with van der Waals surface area (Å²) in [6, 6.07) is 10.1. The van der Waals surface area contributed by atoms with Crippen molar-refractivity contribution < 1.29 is 4.79 Å². The minimum absolute atomic E-state index is 0.00971. The SMILES string of the molecule is O=CC1=NC(Nc2ccccc2)=NC(C2CC2)C1=NC1CC1. The van der Waals surface area contributed by atoms with Gasteiger partial charge in [-0.3, -0.25) is 9.79 Å². The van der Waals surface area contributed by atoms with Crippen LogP contribution in [-0.4, -0.2) is 35.8 Å². The molecule has 112 valence electrons. The Balaban J connectivity index is 1.64. The number of benzene rings is 1. The van der Waals surface area contributed by atoms with E-state index in [2.05, 4.69) is 10.3 Å². The van der Waals surface area contributed by atoms with E-state index >= 15 is 0 Å². The van der Waals surface area contributed by atoms with Crippen molar-refractivity contribution in [3.05, 3.63) is 30.3 Å². The lowest BCUT2D eigenvalue weighted by atomic mass is 10.0. The monoisotopic (exact) mass is 294 g/mol. The van der Waals surface area contributed by atoms with Gasteiger partial charge >= 0.3 is 0 Å². The Kier molecular flexibility index (Phi) is 3.33. The minimum atomic E-state index is -0.00971. The fourth-order valence-electron chi connectivity index (χ4n) is 2.63. The van der Waals surface area contributed by atoms with Crippen molar-refractivity contribution in [2.45, 2.75) is 37.8 Å². The van der Waals surface area contributed by atoms with Crippen LogP contribution in [0.1, 0.15) is 25.7 Å². The van der Waals surface area contributed by atoms with Crippen LogP contribution in [0.2, 0.25) is 0 Å². The van der Waals surface area contributed by atoms with Crippen LogP contribution in [0.15, 0.2) is 45.3 Å². The summed E-state index contributed by atoms with van der Waals surface area (Å²) in [5, 5.41) is 3.20. The highest BCUT2D eigenvalue weighted by Crippen LogP contribution is 2.37. The summed E-state index contributed by atoms with van der Waals surface area (Å²) in [4.78, 5) is 25.3. The number of hydrogen-bond donors (Lipinski definition) is 1. The zero-order valence-corrected chi connectivity index (χ0v) is 12.3. The van der Waals surface area contributed by atoms with Crippen LogP contribution in [0.3, 0.4) is 0 Å². The largest absolute Gasteiger partial charge is 0.324 e. The molecule has 0 amide bonds. The maximum absolute atomic E-state index is 11.5. The van der Waals surface area contributed by atoms with E-state index in [9.17, 15) is 4.79 Å². The number of carbonyl (C=O) groups excluding carboxylic acids is 1.